The Morgan fingerprint density at radius 2 is 1.89 bits per heavy atom. The normalized spacial score (nSPS) is 10.3. The molecule has 0 aliphatic heterocycles. The average Bonchev–Trinajstić information content (AvgIpc) is 2.37. The molecule has 0 aliphatic rings. The van der Waals surface area contributed by atoms with Crippen LogP contribution in [0.1, 0.15) is 13.3 Å². The van der Waals surface area contributed by atoms with E-state index in [1.165, 1.54) is 0 Å². The van der Waals surface area contributed by atoms with Crippen LogP contribution in [0.5, 0.6) is 5.75 Å². The molecule has 2 N–H and O–H groups in total. The number of hydrogen-bond donors (Lipinski definition) is 1. The van der Waals surface area contributed by atoms with Crippen LogP contribution >= 0.6 is 11.6 Å². The fraction of sp³-hybridized carbons (Fsp3) is 0.200. The Labute approximate surface area is 112 Å². The largest absolute Gasteiger partial charge is 0.493 e. The second-order valence-electron chi connectivity index (χ2n) is 4.08. The summed E-state index contributed by atoms with van der Waals surface area (Å²) in [5.41, 5.74) is 8.31. The molecule has 2 aromatic carbocycles. The lowest BCUT2D eigenvalue weighted by molar-refractivity contribution is 0.318. The molecule has 18 heavy (non-hydrogen) atoms. The van der Waals surface area contributed by atoms with Crippen molar-refractivity contribution in [3.05, 3.63) is 47.5 Å². The van der Waals surface area contributed by atoms with Gasteiger partial charge in [-0.3, -0.25) is 0 Å². The molecule has 0 saturated carbocycles. The van der Waals surface area contributed by atoms with Crippen LogP contribution in [0.2, 0.25) is 5.02 Å². The SMILES string of the molecule is CCCOc1ccccc1-c1ccc(N)cc1Cl. The first-order valence-electron chi connectivity index (χ1n) is 5.99. The molecule has 3 heteroatoms. The second-order valence-corrected chi connectivity index (χ2v) is 4.49. The minimum atomic E-state index is 0.641. The van der Waals surface area contributed by atoms with Crippen molar-refractivity contribution >= 4 is 17.3 Å². The van der Waals surface area contributed by atoms with Gasteiger partial charge in [-0.05, 0) is 24.6 Å². The average molecular weight is 262 g/mol. The van der Waals surface area contributed by atoms with E-state index in [2.05, 4.69) is 6.92 Å². The summed E-state index contributed by atoms with van der Waals surface area (Å²) in [6.07, 6.45) is 0.976. The lowest BCUT2D eigenvalue weighted by Crippen LogP contribution is -1.97. The van der Waals surface area contributed by atoms with Gasteiger partial charge in [0.15, 0.2) is 0 Å². The van der Waals surface area contributed by atoms with Crippen LogP contribution in [-0.2, 0) is 0 Å². The van der Waals surface area contributed by atoms with Gasteiger partial charge in [0, 0.05) is 16.8 Å². The number of hydrogen-bond acceptors (Lipinski definition) is 2. The van der Waals surface area contributed by atoms with E-state index in [-0.39, 0.29) is 0 Å². The van der Waals surface area contributed by atoms with E-state index in [1.54, 1.807) is 6.07 Å². The molecule has 0 heterocycles. The third kappa shape index (κ3) is 2.77. The molecule has 94 valence electrons. The molecule has 0 radical (unpaired) electrons. The van der Waals surface area contributed by atoms with E-state index < -0.39 is 0 Å². The Balaban J connectivity index is 2.43. The maximum atomic E-state index is 6.23. The lowest BCUT2D eigenvalue weighted by Gasteiger charge is -2.12. The zero-order chi connectivity index (χ0) is 13.0. The highest BCUT2D eigenvalue weighted by Crippen LogP contribution is 2.35. The van der Waals surface area contributed by atoms with Gasteiger partial charge in [-0.2, -0.15) is 0 Å². The van der Waals surface area contributed by atoms with Gasteiger partial charge < -0.3 is 10.5 Å². The maximum Gasteiger partial charge on any atom is 0.127 e. The number of halogens is 1. The van der Waals surface area contributed by atoms with Crippen LogP contribution in [-0.4, -0.2) is 6.61 Å². The predicted octanol–water partition coefficient (Wildman–Crippen LogP) is 4.38. The van der Waals surface area contributed by atoms with Crippen molar-refractivity contribution in [2.24, 2.45) is 0 Å². The summed E-state index contributed by atoms with van der Waals surface area (Å²) < 4.78 is 5.74. The maximum absolute atomic E-state index is 6.23. The van der Waals surface area contributed by atoms with Gasteiger partial charge >= 0.3 is 0 Å². The summed E-state index contributed by atoms with van der Waals surface area (Å²) in [5.74, 6) is 0.853. The fourth-order valence-corrected chi connectivity index (χ4v) is 2.07. The van der Waals surface area contributed by atoms with Crippen molar-refractivity contribution < 1.29 is 4.74 Å². The van der Waals surface area contributed by atoms with Crippen molar-refractivity contribution in [1.82, 2.24) is 0 Å². The van der Waals surface area contributed by atoms with Crippen LogP contribution in [0.15, 0.2) is 42.5 Å². The standard InChI is InChI=1S/C15H16ClNO/c1-2-9-18-15-6-4-3-5-13(15)12-8-7-11(17)10-14(12)16/h3-8,10H,2,9,17H2,1H3. The van der Waals surface area contributed by atoms with Gasteiger partial charge in [-0.25, -0.2) is 0 Å². The van der Waals surface area contributed by atoms with E-state index in [1.807, 2.05) is 36.4 Å². The molecule has 2 aromatic rings. The highest BCUT2D eigenvalue weighted by Gasteiger charge is 2.09. The Morgan fingerprint density at radius 1 is 1.11 bits per heavy atom. The predicted molar refractivity (Wildman–Crippen MR) is 77.1 cm³/mol. The van der Waals surface area contributed by atoms with Gasteiger partial charge in [0.05, 0.1) is 11.6 Å². The molecule has 0 aromatic heterocycles. The van der Waals surface area contributed by atoms with Crippen LogP contribution in [0.3, 0.4) is 0 Å². The number of anilines is 1. The Kier molecular flexibility index (Phi) is 4.11. The first kappa shape index (κ1) is 12.8. The van der Waals surface area contributed by atoms with E-state index in [9.17, 15) is 0 Å². The Morgan fingerprint density at radius 3 is 2.61 bits per heavy atom. The molecular formula is C15H16ClNO. The number of para-hydroxylation sites is 1. The van der Waals surface area contributed by atoms with Gasteiger partial charge in [-0.15, -0.1) is 0 Å². The van der Waals surface area contributed by atoms with Crippen LogP contribution < -0.4 is 10.5 Å². The number of nitrogen functional groups attached to an aromatic ring is 1. The third-order valence-corrected chi connectivity index (χ3v) is 2.94. The first-order valence-corrected chi connectivity index (χ1v) is 6.37. The van der Waals surface area contributed by atoms with E-state index >= 15 is 0 Å². The van der Waals surface area contributed by atoms with E-state index in [0.717, 1.165) is 23.3 Å². The summed E-state index contributed by atoms with van der Waals surface area (Å²) in [7, 11) is 0. The fourth-order valence-electron chi connectivity index (χ4n) is 1.78. The summed E-state index contributed by atoms with van der Waals surface area (Å²) in [4.78, 5) is 0. The minimum Gasteiger partial charge on any atom is -0.493 e. The van der Waals surface area contributed by atoms with E-state index in [0.29, 0.717) is 17.3 Å². The molecule has 2 nitrogen and oxygen atoms in total. The van der Waals surface area contributed by atoms with E-state index in [4.69, 9.17) is 22.1 Å². The summed E-state index contributed by atoms with van der Waals surface area (Å²) in [6, 6.07) is 13.4. The van der Waals surface area contributed by atoms with Crippen LogP contribution in [0.4, 0.5) is 5.69 Å². The minimum absolute atomic E-state index is 0.641. The van der Waals surface area contributed by atoms with Crippen molar-refractivity contribution in [1.29, 1.82) is 0 Å². The number of ether oxygens (including phenoxy) is 1. The highest BCUT2D eigenvalue weighted by molar-refractivity contribution is 6.33. The second kappa shape index (κ2) is 5.78. The first-order chi connectivity index (χ1) is 8.72. The topological polar surface area (TPSA) is 35.2 Å². The molecule has 0 aliphatic carbocycles. The molecule has 0 unspecified atom stereocenters. The molecular weight excluding hydrogens is 246 g/mol. The van der Waals surface area contributed by atoms with Crippen LogP contribution in [0, 0.1) is 0 Å². The molecule has 0 saturated heterocycles. The summed E-state index contributed by atoms with van der Waals surface area (Å²) in [6.45, 7) is 2.78. The Hall–Kier alpha value is -1.67. The smallest absolute Gasteiger partial charge is 0.127 e. The molecule has 0 bridgehead atoms. The van der Waals surface area contributed by atoms with Gasteiger partial charge in [0.1, 0.15) is 5.75 Å². The summed E-state index contributed by atoms with van der Waals surface area (Å²) >= 11 is 6.23. The van der Waals surface area contributed by atoms with Gasteiger partial charge in [0.2, 0.25) is 0 Å². The number of rotatable bonds is 4. The third-order valence-electron chi connectivity index (χ3n) is 2.63. The lowest BCUT2D eigenvalue weighted by atomic mass is 10.0. The van der Waals surface area contributed by atoms with Crippen molar-refractivity contribution in [2.75, 3.05) is 12.3 Å². The molecule has 2 rings (SSSR count). The van der Waals surface area contributed by atoms with Crippen molar-refractivity contribution in [2.45, 2.75) is 13.3 Å². The molecule has 0 spiro atoms. The highest BCUT2D eigenvalue weighted by atomic mass is 35.5. The zero-order valence-electron chi connectivity index (χ0n) is 10.3. The van der Waals surface area contributed by atoms with Gasteiger partial charge in [-0.1, -0.05) is 42.8 Å². The monoisotopic (exact) mass is 261 g/mol. The zero-order valence-corrected chi connectivity index (χ0v) is 11.1. The van der Waals surface area contributed by atoms with Crippen molar-refractivity contribution in [3.8, 4) is 16.9 Å². The van der Waals surface area contributed by atoms with Crippen molar-refractivity contribution in [3.63, 3.8) is 0 Å². The number of benzene rings is 2. The molecule has 0 fully saturated rings. The molecule has 0 amide bonds. The van der Waals surface area contributed by atoms with Crippen LogP contribution in [0.25, 0.3) is 11.1 Å². The Bertz CT molecular complexity index is 540. The van der Waals surface area contributed by atoms with Gasteiger partial charge in [0.25, 0.3) is 0 Å². The summed E-state index contributed by atoms with van der Waals surface area (Å²) in [5, 5.41) is 0.641. The quantitative estimate of drug-likeness (QED) is 0.829. The molecule has 0 atom stereocenters. The number of nitrogens with two attached hydrogens (primary N) is 1.